The Morgan fingerprint density at radius 3 is 2.50 bits per heavy atom. The summed E-state index contributed by atoms with van der Waals surface area (Å²) in [4.78, 5) is 17.6. The Kier molecular flexibility index (Phi) is 5.27. The van der Waals surface area contributed by atoms with Crippen molar-refractivity contribution < 1.29 is 9.90 Å². The van der Waals surface area contributed by atoms with Crippen LogP contribution in [0.1, 0.15) is 11.1 Å². The number of anilines is 1. The predicted molar refractivity (Wildman–Crippen MR) is 96.7 cm³/mol. The summed E-state index contributed by atoms with van der Waals surface area (Å²) in [6.45, 7) is 7.19. The maximum absolute atomic E-state index is 9.25. The van der Waals surface area contributed by atoms with Crippen molar-refractivity contribution >= 4 is 22.7 Å². The third-order valence-electron chi connectivity index (χ3n) is 3.68. The second-order valence-electron chi connectivity index (χ2n) is 5.30. The molecular weight excluding hydrogens is 302 g/mol. The molecule has 3 rings (SSSR count). The van der Waals surface area contributed by atoms with Crippen molar-refractivity contribution in [2.24, 2.45) is 0 Å². The van der Waals surface area contributed by atoms with Gasteiger partial charge in [-0.15, -0.1) is 0 Å². The van der Waals surface area contributed by atoms with Gasteiger partial charge in [0.25, 0.3) is 0 Å². The van der Waals surface area contributed by atoms with Gasteiger partial charge in [-0.2, -0.15) is 0 Å². The Balaban J connectivity index is 0.000000368. The third kappa shape index (κ3) is 3.76. The molecule has 5 heteroatoms. The number of nitrogens with zero attached hydrogens (tertiary/aromatic N) is 2. The van der Waals surface area contributed by atoms with Crippen LogP contribution in [0.15, 0.2) is 55.4 Å². The molecule has 24 heavy (non-hydrogen) atoms. The molecule has 2 aromatic carbocycles. The van der Waals surface area contributed by atoms with E-state index >= 15 is 0 Å². The number of carboxylic acid groups (broad SMARTS) is 1. The lowest BCUT2D eigenvalue weighted by atomic mass is 9.97. The van der Waals surface area contributed by atoms with Gasteiger partial charge in [0.2, 0.25) is 0 Å². The van der Waals surface area contributed by atoms with E-state index in [9.17, 15) is 4.79 Å². The van der Waals surface area contributed by atoms with Gasteiger partial charge in [-0.25, -0.2) is 14.8 Å². The molecule has 0 fully saturated rings. The van der Waals surface area contributed by atoms with Crippen molar-refractivity contribution in [1.29, 1.82) is 0 Å². The number of hydrogen-bond acceptors (Lipinski definition) is 4. The molecule has 3 aromatic rings. The molecule has 0 atom stereocenters. The lowest BCUT2D eigenvalue weighted by Gasteiger charge is -2.09. The van der Waals surface area contributed by atoms with Gasteiger partial charge in [0.15, 0.2) is 0 Å². The van der Waals surface area contributed by atoms with Crippen LogP contribution in [0.3, 0.4) is 0 Å². The Bertz CT molecular complexity index is 899. The van der Waals surface area contributed by atoms with Gasteiger partial charge in [0, 0.05) is 6.08 Å². The van der Waals surface area contributed by atoms with Gasteiger partial charge in [-0.1, -0.05) is 36.9 Å². The molecule has 0 radical (unpaired) electrons. The van der Waals surface area contributed by atoms with Crippen LogP contribution >= 0.6 is 0 Å². The Morgan fingerprint density at radius 2 is 1.88 bits per heavy atom. The summed E-state index contributed by atoms with van der Waals surface area (Å²) >= 11 is 0. The Hall–Kier alpha value is -3.21. The highest BCUT2D eigenvalue weighted by atomic mass is 16.4. The molecule has 0 aliphatic carbocycles. The Morgan fingerprint density at radius 1 is 1.17 bits per heavy atom. The van der Waals surface area contributed by atoms with Crippen LogP contribution in [0, 0.1) is 13.8 Å². The lowest BCUT2D eigenvalue weighted by Crippen LogP contribution is -1.95. The molecule has 1 aromatic heterocycles. The number of nitrogens with two attached hydrogens (primary N) is 1. The van der Waals surface area contributed by atoms with E-state index in [2.05, 4.69) is 54.7 Å². The van der Waals surface area contributed by atoms with E-state index < -0.39 is 5.97 Å². The van der Waals surface area contributed by atoms with Crippen LogP contribution < -0.4 is 5.73 Å². The number of carbonyl (C=O) groups is 1. The van der Waals surface area contributed by atoms with Crippen LogP contribution in [0.25, 0.3) is 22.0 Å². The Labute approximate surface area is 140 Å². The summed E-state index contributed by atoms with van der Waals surface area (Å²) in [5.74, 6) is -0.455. The highest BCUT2D eigenvalue weighted by Gasteiger charge is 2.08. The van der Waals surface area contributed by atoms with Crippen molar-refractivity contribution in [3.63, 3.8) is 0 Å². The molecule has 1 heterocycles. The molecule has 0 aliphatic heterocycles. The fourth-order valence-corrected chi connectivity index (χ4v) is 2.28. The highest BCUT2D eigenvalue weighted by Crippen LogP contribution is 2.31. The molecule has 0 amide bonds. The van der Waals surface area contributed by atoms with Crippen LogP contribution in [0.2, 0.25) is 0 Å². The first-order valence-electron chi connectivity index (χ1n) is 7.36. The molecule has 3 N–H and O–H groups in total. The van der Waals surface area contributed by atoms with Crippen LogP contribution in [0.5, 0.6) is 0 Å². The molecule has 0 spiro atoms. The van der Waals surface area contributed by atoms with Crippen molar-refractivity contribution in [2.75, 3.05) is 5.73 Å². The zero-order valence-corrected chi connectivity index (χ0v) is 13.7. The predicted octanol–water partition coefficient (Wildman–Crippen LogP) is 3.75. The van der Waals surface area contributed by atoms with Gasteiger partial charge in [0.1, 0.15) is 12.1 Å². The SMILES string of the molecule is C=CC(=O)O.Cc1ccc(-c2cccc3ncnc(N)c23)cc1C. The van der Waals surface area contributed by atoms with E-state index in [1.807, 2.05) is 12.1 Å². The summed E-state index contributed by atoms with van der Waals surface area (Å²) in [5.41, 5.74) is 11.7. The number of aromatic nitrogens is 2. The van der Waals surface area contributed by atoms with Gasteiger partial charge in [-0.05, 0) is 42.2 Å². The van der Waals surface area contributed by atoms with Crippen molar-refractivity contribution in [2.45, 2.75) is 13.8 Å². The number of fused-ring (bicyclic) bond motifs is 1. The number of nitrogen functional groups attached to an aromatic ring is 1. The minimum Gasteiger partial charge on any atom is -0.478 e. The molecule has 0 saturated heterocycles. The second-order valence-corrected chi connectivity index (χ2v) is 5.30. The van der Waals surface area contributed by atoms with Crippen molar-refractivity contribution in [1.82, 2.24) is 9.97 Å². The van der Waals surface area contributed by atoms with E-state index in [0.29, 0.717) is 5.82 Å². The first-order valence-corrected chi connectivity index (χ1v) is 7.36. The summed E-state index contributed by atoms with van der Waals surface area (Å²) in [6, 6.07) is 12.4. The summed E-state index contributed by atoms with van der Waals surface area (Å²) < 4.78 is 0. The molecule has 0 saturated carbocycles. The van der Waals surface area contributed by atoms with Crippen molar-refractivity contribution in [3.8, 4) is 11.1 Å². The van der Waals surface area contributed by atoms with Crippen molar-refractivity contribution in [3.05, 3.63) is 66.5 Å². The summed E-state index contributed by atoms with van der Waals surface area (Å²) in [7, 11) is 0. The monoisotopic (exact) mass is 321 g/mol. The molecule has 122 valence electrons. The largest absolute Gasteiger partial charge is 0.478 e. The van der Waals surface area contributed by atoms with Gasteiger partial charge >= 0.3 is 5.97 Å². The lowest BCUT2D eigenvalue weighted by molar-refractivity contribution is -0.131. The van der Waals surface area contributed by atoms with E-state index in [4.69, 9.17) is 10.8 Å². The molecule has 0 unspecified atom stereocenters. The second kappa shape index (κ2) is 7.37. The highest BCUT2D eigenvalue weighted by molar-refractivity contribution is 6.00. The maximum atomic E-state index is 9.25. The average Bonchev–Trinajstić information content (AvgIpc) is 2.57. The number of aryl methyl sites for hydroxylation is 2. The third-order valence-corrected chi connectivity index (χ3v) is 3.68. The van der Waals surface area contributed by atoms with E-state index in [0.717, 1.165) is 28.1 Å². The molecule has 5 nitrogen and oxygen atoms in total. The zero-order valence-electron chi connectivity index (χ0n) is 13.7. The number of aliphatic carboxylic acids is 1. The summed E-state index contributed by atoms with van der Waals surface area (Å²) in [6.07, 6.45) is 2.34. The van der Waals surface area contributed by atoms with E-state index in [1.54, 1.807) is 0 Å². The zero-order chi connectivity index (χ0) is 17.7. The molecular formula is C19H19N3O2. The minimum atomic E-state index is -0.981. The normalized spacial score (nSPS) is 9.92. The number of carboxylic acids is 1. The van der Waals surface area contributed by atoms with Gasteiger partial charge in [0.05, 0.1) is 10.9 Å². The maximum Gasteiger partial charge on any atom is 0.327 e. The topological polar surface area (TPSA) is 89.1 Å². The quantitative estimate of drug-likeness (QED) is 0.702. The van der Waals surface area contributed by atoms with E-state index in [1.165, 1.54) is 17.5 Å². The fourth-order valence-electron chi connectivity index (χ4n) is 2.28. The summed E-state index contributed by atoms with van der Waals surface area (Å²) in [5, 5.41) is 8.53. The first kappa shape index (κ1) is 17.1. The van der Waals surface area contributed by atoms with Crippen LogP contribution in [-0.4, -0.2) is 21.0 Å². The fraction of sp³-hybridized carbons (Fsp3) is 0.105. The molecule has 0 aliphatic rings. The first-order chi connectivity index (χ1) is 11.4. The minimum absolute atomic E-state index is 0.527. The smallest absolute Gasteiger partial charge is 0.327 e. The van der Waals surface area contributed by atoms with Gasteiger partial charge in [-0.3, -0.25) is 0 Å². The standard InChI is InChI=1S/C16H15N3.C3H4O2/c1-10-6-7-12(8-11(10)2)13-4-3-5-14-15(13)16(17)19-9-18-14;1-2-3(4)5/h3-9H,1-2H3,(H2,17,18,19);2H,1H2,(H,4,5). The van der Waals surface area contributed by atoms with Gasteiger partial charge < -0.3 is 10.8 Å². The van der Waals surface area contributed by atoms with Crippen LogP contribution in [-0.2, 0) is 4.79 Å². The van der Waals surface area contributed by atoms with Crippen LogP contribution in [0.4, 0.5) is 5.82 Å². The number of benzene rings is 2. The van der Waals surface area contributed by atoms with E-state index in [-0.39, 0.29) is 0 Å². The average molecular weight is 321 g/mol. The number of rotatable bonds is 2. The molecule has 0 bridgehead atoms. The number of hydrogen-bond donors (Lipinski definition) is 2.